The molecule has 2 aliphatic heterocycles. The van der Waals surface area contributed by atoms with Crippen molar-refractivity contribution in [2.75, 3.05) is 29.0 Å². The van der Waals surface area contributed by atoms with Crippen LogP contribution in [-0.2, 0) is 10.2 Å². The predicted molar refractivity (Wildman–Crippen MR) is 117 cm³/mol. The number of benzene rings is 2. The van der Waals surface area contributed by atoms with Gasteiger partial charge in [0.25, 0.3) is 5.91 Å². The molecular weight excluding hydrogens is 364 g/mol. The summed E-state index contributed by atoms with van der Waals surface area (Å²) in [5.41, 5.74) is 4.42. The third-order valence-corrected chi connectivity index (χ3v) is 5.89. The van der Waals surface area contributed by atoms with E-state index < -0.39 is 5.41 Å². The second kappa shape index (κ2) is 7.52. The molecule has 2 amide bonds. The van der Waals surface area contributed by atoms with Gasteiger partial charge in [-0.3, -0.25) is 9.59 Å². The van der Waals surface area contributed by atoms with Gasteiger partial charge in [-0.1, -0.05) is 12.1 Å². The Hall–Kier alpha value is -2.86. The summed E-state index contributed by atoms with van der Waals surface area (Å²) in [6, 6.07) is 11.8. The first-order chi connectivity index (χ1) is 13.8. The van der Waals surface area contributed by atoms with Crippen LogP contribution in [0.4, 0.5) is 17.1 Å². The summed E-state index contributed by atoms with van der Waals surface area (Å²) in [4.78, 5) is 25.2. The monoisotopic (exact) mass is 392 g/mol. The maximum Gasteiger partial charge on any atom is 0.257 e. The van der Waals surface area contributed by atoms with Crippen LogP contribution in [0.15, 0.2) is 36.4 Å². The predicted octanol–water partition coefficient (Wildman–Crippen LogP) is 3.64. The Morgan fingerprint density at radius 3 is 2.62 bits per heavy atom. The third-order valence-electron chi connectivity index (χ3n) is 5.89. The quantitative estimate of drug-likeness (QED) is 0.640. The molecule has 2 aliphatic rings. The summed E-state index contributed by atoms with van der Waals surface area (Å²) >= 11 is 0. The Bertz CT molecular complexity index is 961. The van der Waals surface area contributed by atoms with Gasteiger partial charge in [-0.05, 0) is 82.1 Å². The average molecular weight is 393 g/mol. The van der Waals surface area contributed by atoms with E-state index in [4.69, 9.17) is 0 Å². The highest BCUT2D eigenvalue weighted by Gasteiger charge is 2.38. The van der Waals surface area contributed by atoms with E-state index in [1.54, 1.807) is 0 Å². The Morgan fingerprint density at radius 1 is 1.10 bits per heavy atom. The number of piperidine rings is 1. The van der Waals surface area contributed by atoms with Gasteiger partial charge in [0.2, 0.25) is 5.91 Å². The summed E-state index contributed by atoms with van der Waals surface area (Å²) in [5.74, 6) is -0.187. The van der Waals surface area contributed by atoms with Crippen LogP contribution >= 0.6 is 0 Å². The number of hydrogen-bond acceptors (Lipinski definition) is 4. The highest BCUT2D eigenvalue weighted by Crippen LogP contribution is 2.38. The van der Waals surface area contributed by atoms with Crippen LogP contribution in [0, 0.1) is 6.92 Å². The zero-order valence-electron chi connectivity index (χ0n) is 17.2. The highest BCUT2D eigenvalue weighted by atomic mass is 16.2. The number of carbonyl (C=O) groups is 2. The number of aryl methyl sites for hydroxylation is 1. The molecule has 0 spiro atoms. The first-order valence-corrected chi connectivity index (χ1v) is 10.2. The molecular formula is C23H28N4O2. The molecule has 6 heteroatoms. The second-order valence-corrected chi connectivity index (χ2v) is 8.51. The van der Waals surface area contributed by atoms with Crippen molar-refractivity contribution < 1.29 is 9.59 Å². The molecule has 152 valence electrons. The Morgan fingerprint density at radius 2 is 1.86 bits per heavy atom. The van der Waals surface area contributed by atoms with Crippen LogP contribution in [0.25, 0.3) is 0 Å². The Labute approximate surface area is 171 Å². The lowest BCUT2D eigenvalue weighted by molar-refractivity contribution is -0.119. The number of nitrogens with one attached hydrogen (secondary N) is 4. The van der Waals surface area contributed by atoms with Crippen LogP contribution in [0.5, 0.6) is 0 Å². The van der Waals surface area contributed by atoms with Gasteiger partial charge in [-0.25, -0.2) is 0 Å². The SMILES string of the molecule is Cc1ccc(C(=O)Nc2ccc3c(c2)NC(=O)C3(C)C)c(NC2CCNCC2)c1. The minimum Gasteiger partial charge on any atom is -0.382 e. The van der Waals surface area contributed by atoms with Crippen LogP contribution in [0.1, 0.15) is 48.2 Å². The molecule has 0 saturated carbocycles. The maximum atomic E-state index is 13.0. The molecule has 1 fully saturated rings. The van der Waals surface area contributed by atoms with Crippen molar-refractivity contribution in [2.24, 2.45) is 0 Å². The number of carbonyl (C=O) groups excluding carboxylic acids is 2. The van der Waals surface area contributed by atoms with Crippen molar-refractivity contribution in [2.45, 2.75) is 45.1 Å². The molecule has 0 atom stereocenters. The van der Waals surface area contributed by atoms with Gasteiger partial charge in [0.05, 0.1) is 11.0 Å². The highest BCUT2D eigenvalue weighted by molar-refractivity contribution is 6.10. The smallest absolute Gasteiger partial charge is 0.257 e. The van der Waals surface area contributed by atoms with Crippen molar-refractivity contribution in [3.05, 3.63) is 53.1 Å². The van der Waals surface area contributed by atoms with Crippen LogP contribution < -0.4 is 21.3 Å². The van der Waals surface area contributed by atoms with E-state index in [1.165, 1.54) is 0 Å². The Kier molecular flexibility index (Phi) is 5.04. The lowest BCUT2D eigenvalue weighted by Crippen LogP contribution is -2.35. The molecule has 4 rings (SSSR count). The van der Waals surface area contributed by atoms with Crippen molar-refractivity contribution in [1.29, 1.82) is 0 Å². The standard InChI is InChI=1S/C23H28N4O2/c1-14-4-6-17(19(12-14)25-15-8-10-24-11-9-15)21(28)26-16-5-7-18-20(13-16)27-22(29)23(18,2)3/h4-7,12-13,15,24-25H,8-11H2,1-3H3,(H,26,28)(H,27,29). The topological polar surface area (TPSA) is 82.3 Å². The molecule has 0 unspecified atom stereocenters. The van der Waals surface area contributed by atoms with Gasteiger partial charge in [0.1, 0.15) is 0 Å². The van der Waals surface area contributed by atoms with Crippen molar-refractivity contribution in [3.63, 3.8) is 0 Å². The van der Waals surface area contributed by atoms with Crippen LogP contribution in [0.2, 0.25) is 0 Å². The van der Waals surface area contributed by atoms with Gasteiger partial charge in [-0.15, -0.1) is 0 Å². The molecule has 0 bridgehead atoms. The molecule has 1 saturated heterocycles. The van der Waals surface area contributed by atoms with Crippen LogP contribution in [-0.4, -0.2) is 30.9 Å². The normalized spacial score (nSPS) is 18.1. The molecule has 6 nitrogen and oxygen atoms in total. The number of rotatable bonds is 4. The minimum atomic E-state index is -0.555. The second-order valence-electron chi connectivity index (χ2n) is 8.51. The summed E-state index contributed by atoms with van der Waals surface area (Å²) in [5, 5.41) is 12.8. The van der Waals surface area contributed by atoms with Crippen molar-refractivity contribution >= 4 is 28.9 Å². The molecule has 4 N–H and O–H groups in total. The fraction of sp³-hybridized carbons (Fsp3) is 0.391. The molecule has 0 aromatic heterocycles. The molecule has 2 aromatic rings. The fourth-order valence-electron chi connectivity index (χ4n) is 4.03. The van der Waals surface area contributed by atoms with E-state index in [0.29, 0.717) is 17.3 Å². The number of amides is 2. The number of hydrogen-bond donors (Lipinski definition) is 4. The van der Waals surface area contributed by atoms with E-state index in [9.17, 15) is 9.59 Å². The first-order valence-electron chi connectivity index (χ1n) is 10.2. The molecule has 0 radical (unpaired) electrons. The lowest BCUT2D eigenvalue weighted by atomic mass is 9.86. The number of fused-ring (bicyclic) bond motifs is 1. The average Bonchev–Trinajstić information content (AvgIpc) is 2.91. The van der Waals surface area contributed by atoms with Crippen molar-refractivity contribution in [3.8, 4) is 0 Å². The molecule has 2 aromatic carbocycles. The molecule has 29 heavy (non-hydrogen) atoms. The third kappa shape index (κ3) is 3.85. The molecule has 2 heterocycles. The number of anilines is 3. The maximum absolute atomic E-state index is 13.0. The minimum absolute atomic E-state index is 0.0250. The summed E-state index contributed by atoms with van der Waals surface area (Å²) < 4.78 is 0. The van der Waals surface area contributed by atoms with E-state index in [-0.39, 0.29) is 11.8 Å². The summed E-state index contributed by atoms with van der Waals surface area (Å²) in [6.45, 7) is 7.81. The summed E-state index contributed by atoms with van der Waals surface area (Å²) in [6.07, 6.45) is 2.07. The Balaban J connectivity index is 1.55. The van der Waals surface area contributed by atoms with Crippen molar-refractivity contribution in [1.82, 2.24) is 5.32 Å². The molecule has 0 aliphatic carbocycles. The van der Waals surface area contributed by atoms with Gasteiger partial charge in [0.15, 0.2) is 0 Å². The van der Waals surface area contributed by atoms with Crippen LogP contribution in [0.3, 0.4) is 0 Å². The van der Waals surface area contributed by atoms with Gasteiger partial charge < -0.3 is 21.3 Å². The van der Waals surface area contributed by atoms with Gasteiger partial charge in [0, 0.05) is 23.1 Å². The van der Waals surface area contributed by atoms with E-state index in [1.807, 2.05) is 57.2 Å². The van der Waals surface area contributed by atoms with Gasteiger partial charge >= 0.3 is 0 Å². The summed E-state index contributed by atoms with van der Waals surface area (Å²) in [7, 11) is 0. The lowest BCUT2D eigenvalue weighted by Gasteiger charge is -2.26. The zero-order valence-corrected chi connectivity index (χ0v) is 17.2. The van der Waals surface area contributed by atoms with E-state index >= 15 is 0 Å². The largest absolute Gasteiger partial charge is 0.382 e. The fourth-order valence-corrected chi connectivity index (χ4v) is 4.03. The van der Waals surface area contributed by atoms with Gasteiger partial charge in [-0.2, -0.15) is 0 Å². The zero-order chi connectivity index (χ0) is 20.6. The van der Waals surface area contributed by atoms with E-state index in [0.717, 1.165) is 48.4 Å². The van der Waals surface area contributed by atoms with E-state index in [2.05, 4.69) is 21.3 Å². The first kappa shape index (κ1) is 19.5.